The number of carbonyl (C=O) groups excluding carboxylic acids is 3. The maximum absolute atomic E-state index is 12.9. The van der Waals surface area contributed by atoms with Crippen LogP contribution >= 0.6 is 23.2 Å². The molecular weight excluding hydrogens is 651 g/mol. The molecule has 0 saturated carbocycles. The highest BCUT2D eigenvalue weighted by atomic mass is 35.5. The molecule has 1 N–H and O–H groups in total. The lowest BCUT2D eigenvalue weighted by atomic mass is 9.98. The van der Waals surface area contributed by atoms with E-state index in [0.717, 1.165) is 84.9 Å². The molecular formula is C36H36Cl2N6O4. The standard InChI is InChI=1S/C19H20ClN3O2.C17H16ClN3O2/c20-16-1-2-18-15(10-16)3-4-23(19(18)24)17-9-14(11-21-12-17)13-22-5-7-25-8-6-22;1-11(22)20-9-12-6-15(10-19-8-12)21-5-4-13-7-14(18)2-3-16(13)17(21)23/h1-2,9-12H,3-8,13H2;2-3,6-8,10H,4-5,9H2,1H3,(H,20,22). The molecule has 0 spiro atoms. The number of hydrogen-bond donors (Lipinski definition) is 1. The van der Waals surface area contributed by atoms with E-state index in [1.54, 1.807) is 41.7 Å². The summed E-state index contributed by atoms with van der Waals surface area (Å²) in [6, 6.07) is 14.8. The Morgan fingerprint density at radius 2 is 1.27 bits per heavy atom. The summed E-state index contributed by atoms with van der Waals surface area (Å²) >= 11 is 12.0. The average molecular weight is 688 g/mol. The van der Waals surface area contributed by atoms with Gasteiger partial charge >= 0.3 is 0 Å². The Morgan fingerprint density at radius 3 is 1.81 bits per heavy atom. The number of aromatic nitrogens is 2. The van der Waals surface area contributed by atoms with Crippen molar-refractivity contribution in [3.63, 3.8) is 0 Å². The molecule has 4 aromatic rings. The fourth-order valence-corrected chi connectivity index (χ4v) is 6.47. The monoisotopic (exact) mass is 686 g/mol. The number of nitrogens with zero attached hydrogens (tertiary/aromatic N) is 5. The van der Waals surface area contributed by atoms with Gasteiger partial charge in [-0.25, -0.2) is 0 Å². The summed E-state index contributed by atoms with van der Waals surface area (Å²) in [6.07, 6.45) is 8.53. The van der Waals surface area contributed by atoms with Crippen LogP contribution in [0.1, 0.15) is 49.9 Å². The second kappa shape index (κ2) is 15.3. The Bertz CT molecular complexity index is 1830. The van der Waals surface area contributed by atoms with Gasteiger partial charge in [-0.2, -0.15) is 0 Å². The molecule has 10 nitrogen and oxygen atoms in total. The molecule has 48 heavy (non-hydrogen) atoms. The minimum atomic E-state index is -0.102. The zero-order valence-corrected chi connectivity index (χ0v) is 28.1. The number of ether oxygens (including phenoxy) is 1. The van der Waals surface area contributed by atoms with Crippen LogP contribution in [0.4, 0.5) is 11.4 Å². The number of morpholine rings is 1. The van der Waals surface area contributed by atoms with Crippen LogP contribution in [0, 0.1) is 0 Å². The van der Waals surface area contributed by atoms with Crippen LogP contribution in [0.3, 0.4) is 0 Å². The second-order valence-corrected chi connectivity index (χ2v) is 12.8. The topological polar surface area (TPSA) is 108 Å². The Hall–Kier alpha value is -4.35. The van der Waals surface area contributed by atoms with E-state index < -0.39 is 0 Å². The Labute approximate surface area is 289 Å². The summed E-state index contributed by atoms with van der Waals surface area (Å²) in [5.41, 5.74) is 6.96. The van der Waals surface area contributed by atoms with E-state index in [4.69, 9.17) is 27.9 Å². The average Bonchev–Trinajstić information content (AvgIpc) is 3.08. The SMILES string of the molecule is CC(=O)NCc1cncc(N2CCc3cc(Cl)ccc3C2=O)c1.O=C1c2ccc(Cl)cc2CCN1c1cncc(CN2CCOCC2)c1. The number of benzene rings is 2. The third-order valence-corrected chi connectivity index (χ3v) is 9.00. The highest BCUT2D eigenvalue weighted by Crippen LogP contribution is 2.28. The third-order valence-electron chi connectivity index (χ3n) is 8.53. The van der Waals surface area contributed by atoms with E-state index in [2.05, 4.69) is 26.3 Å². The molecule has 1 saturated heterocycles. The molecule has 12 heteroatoms. The molecule has 7 rings (SSSR count). The van der Waals surface area contributed by atoms with Crippen molar-refractivity contribution in [3.8, 4) is 0 Å². The molecule has 0 atom stereocenters. The second-order valence-electron chi connectivity index (χ2n) is 11.9. The van der Waals surface area contributed by atoms with Crippen LogP contribution < -0.4 is 15.1 Å². The van der Waals surface area contributed by atoms with Crippen molar-refractivity contribution in [2.24, 2.45) is 0 Å². The van der Waals surface area contributed by atoms with E-state index in [9.17, 15) is 14.4 Å². The lowest BCUT2D eigenvalue weighted by Crippen LogP contribution is -2.38. The van der Waals surface area contributed by atoms with Gasteiger partial charge in [0.15, 0.2) is 0 Å². The quantitative estimate of drug-likeness (QED) is 0.292. The van der Waals surface area contributed by atoms with Gasteiger partial charge in [-0.3, -0.25) is 29.3 Å². The van der Waals surface area contributed by atoms with E-state index in [1.807, 2.05) is 35.4 Å². The van der Waals surface area contributed by atoms with Gasteiger partial charge in [0, 0.05) is 79.8 Å². The van der Waals surface area contributed by atoms with Crippen LogP contribution in [0.2, 0.25) is 10.0 Å². The lowest BCUT2D eigenvalue weighted by Gasteiger charge is -2.29. The zero-order valence-electron chi connectivity index (χ0n) is 26.6. The molecule has 0 aliphatic carbocycles. The summed E-state index contributed by atoms with van der Waals surface area (Å²) < 4.78 is 5.39. The molecule has 248 valence electrons. The number of pyridine rings is 2. The predicted octanol–water partition coefficient (Wildman–Crippen LogP) is 5.34. The Kier molecular flexibility index (Phi) is 10.7. The number of fused-ring (bicyclic) bond motifs is 2. The van der Waals surface area contributed by atoms with E-state index in [-0.39, 0.29) is 17.7 Å². The summed E-state index contributed by atoms with van der Waals surface area (Å²) in [7, 11) is 0. The Balaban J connectivity index is 0.000000168. The van der Waals surface area contributed by atoms with Gasteiger partial charge in [-0.05, 0) is 83.6 Å². The molecule has 0 bridgehead atoms. The predicted molar refractivity (Wildman–Crippen MR) is 186 cm³/mol. The minimum absolute atomic E-state index is 0.0169. The molecule has 1 fully saturated rings. The fourth-order valence-electron chi connectivity index (χ4n) is 6.08. The number of hydrogen-bond acceptors (Lipinski definition) is 7. The van der Waals surface area contributed by atoms with Gasteiger partial charge in [0.25, 0.3) is 11.8 Å². The normalized spacial score (nSPS) is 16.1. The van der Waals surface area contributed by atoms with E-state index >= 15 is 0 Å². The van der Waals surface area contributed by atoms with Crippen molar-refractivity contribution in [1.29, 1.82) is 0 Å². The summed E-state index contributed by atoms with van der Waals surface area (Å²) in [4.78, 5) is 51.0. The fraction of sp³-hybridized carbons (Fsp3) is 0.306. The van der Waals surface area contributed by atoms with Crippen molar-refractivity contribution >= 4 is 52.3 Å². The van der Waals surface area contributed by atoms with Crippen LogP contribution in [0.25, 0.3) is 0 Å². The Morgan fingerprint density at radius 1 is 0.750 bits per heavy atom. The highest BCUT2D eigenvalue weighted by molar-refractivity contribution is 6.31. The number of rotatable bonds is 6. The number of nitrogens with one attached hydrogen (secondary N) is 1. The van der Waals surface area contributed by atoms with Crippen LogP contribution in [0.5, 0.6) is 0 Å². The number of halogens is 2. The first-order valence-corrected chi connectivity index (χ1v) is 16.6. The van der Waals surface area contributed by atoms with E-state index in [1.165, 1.54) is 6.92 Å². The molecule has 3 aliphatic rings. The van der Waals surface area contributed by atoms with Gasteiger partial charge in [-0.1, -0.05) is 23.2 Å². The lowest BCUT2D eigenvalue weighted by molar-refractivity contribution is -0.119. The van der Waals surface area contributed by atoms with Gasteiger partial charge in [0.05, 0.1) is 37.0 Å². The van der Waals surface area contributed by atoms with Gasteiger partial charge in [-0.15, -0.1) is 0 Å². The van der Waals surface area contributed by atoms with Gasteiger partial charge < -0.3 is 19.9 Å². The number of amides is 3. The zero-order chi connectivity index (χ0) is 33.6. The summed E-state index contributed by atoms with van der Waals surface area (Å²) in [5, 5.41) is 4.05. The minimum Gasteiger partial charge on any atom is -0.379 e. The van der Waals surface area contributed by atoms with Crippen molar-refractivity contribution in [1.82, 2.24) is 20.2 Å². The molecule has 5 heterocycles. The van der Waals surface area contributed by atoms with Crippen molar-refractivity contribution in [2.75, 3.05) is 49.2 Å². The smallest absolute Gasteiger partial charge is 0.258 e. The number of anilines is 2. The molecule has 0 radical (unpaired) electrons. The first-order valence-electron chi connectivity index (χ1n) is 15.9. The maximum Gasteiger partial charge on any atom is 0.258 e. The van der Waals surface area contributed by atoms with Gasteiger partial charge in [0.1, 0.15) is 0 Å². The summed E-state index contributed by atoms with van der Waals surface area (Å²) in [6.45, 7) is 7.33. The summed E-state index contributed by atoms with van der Waals surface area (Å²) in [5.74, 6) is -0.139. The molecule has 3 amide bonds. The van der Waals surface area contributed by atoms with Crippen molar-refractivity contribution < 1.29 is 19.1 Å². The first kappa shape index (κ1) is 33.5. The third kappa shape index (κ3) is 8.02. The first-order chi connectivity index (χ1) is 23.2. The molecule has 3 aliphatic heterocycles. The van der Waals surface area contributed by atoms with Crippen LogP contribution in [-0.2, 0) is 35.5 Å². The van der Waals surface area contributed by atoms with Crippen molar-refractivity contribution in [3.05, 3.63) is 117 Å². The largest absolute Gasteiger partial charge is 0.379 e. The molecule has 2 aromatic carbocycles. The molecule has 0 unspecified atom stereocenters. The molecule has 2 aromatic heterocycles. The highest BCUT2D eigenvalue weighted by Gasteiger charge is 2.27. The van der Waals surface area contributed by atoms with E-state index in [0.29, 0.717) is 35.2 Å². The van der Waals surface area contributed by atoms with Gasteiger partial charge in [0.2, 0.25) is 5.91 Å². The number of carbonyl (C=O) groups is 3. The van der Waals surface area contributed by atoms with Crippen molar-refractivity contribution in [2.45, 2.75) is 32.9 Å². The maximum atomic E-state index is 12.9. The van der Waals surface area contributed by atoms with Crippen LogP contribution in [-0.4, -0.2) is 72.0 Å². The van der Waals surface area contributed by atoms with Crippen LogP contribution in [0.15, 0.2) is 73.3 Å².